The summed E-state index contributed by atoms with van der Waals surface area (Å²) in [6, 6.07) is 23.2. The highest BCUT2D eigenvalue weighted by atomic mass is 16.5. The molecule has 0 aromatic heterocycles. The lowest BCUT2D eigenvalue weighted by Crippen LogP contribution is -2.55. The number of carbonyl (C=O) groups is 3. The van der Waals surface area contributed by atoms with Crippen molar-refractivity contribution in [1.82, 2.24) is 10.6 Å². The van der Waals surface area contributed by atoms with E-state index < -0.39 is 36.2 Å². The molecule has 2 unspecified atom stereocenters. The summed E-state index contributed by atoms with van der Waals surface area (Å²) in [4.78, 5) is 38.3. The van der Waals surface area contributed by atoms with Crippen LogP contribution in [0.5, 0.6) is 0 Å². The van der Waals surface area contributed by atoms with Gasteiger partial charge in [-0.15, -0.1) is 0 Å². The first-order chi connectivity index (χ1) is 19.8. The van der Waals surface area contributed by atoms with Crippen LogP contribution >= 0.6 is 0 Å². The Bertz CT molecular complexity index is 1300. The maximum atomic E-state index is 13.3. The number of benzene rings is 3. The van der Waals surface area contributed by atoms with Gasteiger partial charge in [-0.2, -0.15) is 0 Å². The molecule has 8 nitrogen and oxygen atoms in total. The number of carboxylic acids is 1. The van der Waals surface area contributed by atoms with Crippen molar-refractivity contribution in [2.24, 2.45) is 5.92 Å². The minimum Gasteiger partial charge on any atom is -0.480 e. The molecule has 0 saturated heterocycles. The van der Waals surface area contributed by atoms with Crippen LogP contribution in [0.3, 0.4) is 0 Å². The molecule has 3 aromatic carbocycles. The van der Waals surface area contributed by atoms with Crippen LogP contribution < -0.4 is 10.6 Å². The molecule has 4 atom stereocenters. The molecule has 1 aliphatic carbocycles. The van der Waals surface area contributed by atoms with E-state index in [9.17, 15) is 19.5 Å². The fraction of sp³-hybridized carbons (Fsp3) is 0.364. The number of carboxylic acid groups (broad SMARTS) is 1. The zero-order valence-corrected chi connectivity index (χ0v) is 23.7. The van der Waals surface area contributed by atoms with Crippen molar-refractivity contribution in [3.8, 4) is 11.1 Å². The third kappa shape index (κ3) is 7.52. The first-order valence-corrected chi connectivity index (χ1v) is 14.1. The SMILES string of the molecule is CCC(C)CC(NC(=O)OCC1c2ccccc2-c2ccccc21)C(=O)N[C@@H](C(=O)O)[C@H](C)OCc1ccccc1. The number of fused-ring (bicyclic) bond motifs is 3. The normalized spacial score (nSPS) is 15.1. The average Bonchev–Trinajstić information content (AvgIpc) is 3.31. The molecular weight excluding hydrogens is 520 g/mol. The number of amides is 2. The van der Waals surface area contributed by atoms with E-state index in [1.165, 1.54) is 0 Å². The molecule has 4 rings (SSSR count). The summed E-state index contributed by atoms with van der Waals surface area (Å²) >= 11 is 0. The van der Waals surface area contributed by atoms with Gasteiger partial charge in [0.1, 0.15) is 12.6 Å². The van der Waals surface area contributed by atoms with Gasteiger partial charge in [-0.1, -0.05) is 99.1 Å². The van der Waals surface area contributed by atoms with Crippen molar-refractivity contribution in [1.29, 1.82) is 0 Å². The highest BCUT2D eigenvalue weighted by molar-refractivity contribution is 5.89. The van der Waals surface area contributed by atoms with Crippen LogP contribution in [0.1, 0.15) is 56.2 Å². The lowest BCUT2D eigenvalue weighted by atomic mass is 9.98. The predicted molar refractivity (Wildman–Crippen MR) is 156 cm³/mol. The van der Waals surface area contributed by atoms with Crippen LogP contribution in [-0.4, -0.2) is 47.9 Å². The molecule has 41 heavy (non-hydrogen) atoms. The van der Waals surface area contributed by atoms with Gasteiger partial charge in [0.25, 0.3) is 0 Å². The Kier molecular flexibility index (Phi) is 10.1. The van der Waals surface area contributed by atoms with E-state index in [4.69, 9.17) is 9.47 Å². The van der Waals surface area contributed by atoms with Gasteiger partial charge in [-0.05, 0) is 47.1 Å². The molecular formula is C33H38N2O6. The number of nitrogens with one attached hydrogen (secondary N) is 2. The Hall–Kier alpha value is -4.17. The second-order valence-corrected chi connectivity index (χ2v) is 10.6. The first kappa shape index (κ1) is 29.8. The Balaban J connectivity index is 1.40. The maximum absolute atomic E-state index is 13.3. The van der Waals surface area contributed by atoms with Crippen molar-refractivity contribution in [3.05, 3.63) is 95.6 Å². The van der Waals surface area contributed by atoms with Crippen LogP contribution in [0.4, 0.5) is 4.79 Å². The molecule has 1 aliphatic rings. The smallest absolute Gasteiger partial charge is 0.407 e. The van der Waals surface area contributed by atoms with Gasteiger partial charge in [0.2, 0.25) is 5.91 Å². The fourth-order valence-corrected chi connectivity index (χ4v) is 5.11. The van der Waals surface area contributed by atoms with Crippen LogP contribution in [0.15, 0.2) is 78.9 Å². The Morgan fingerprint density at radius 2 is 1.44 bits per heavy atom. The van der Waals surface area contributed by atoms with E-state index in [0.717, 1.165) is 34.2 Å². The van der Waals surface area contributed by atoms with Crippen LogP contribution in [-0.2, 0) is 25.7 Å². The number of hydrogen-bond donors (Lipinski definition) is 3. The zero-order valence-electron chi connectivity index (χ0n) is 23.7. The molecule has 0 radical (unpaired) electrons. The minimum absolute atomic E-state index is 0.106. The third-order valence-electron chi connectivity index (χ3n) is 7.68. The topological polar surface area (TPSA) is 114 Å². The van der Waals surface area contributed by atoms with Gasteiger partial charge in [-0.25, -0.2) is 9.59 Å². The quantitative estimate of drug-likeness (QED) is 0.255. The molecule has 0 saturated carbocycles. The van der Waals surface area contributed by atoms with Crippen molar-refractivity contribution >= 4 is 18.0 Å². The molecule has 0 bridgehead atoms. The van der Waals surface area contributed by atoms with Gasteiger partial charge in [0.05, 0.1) is 12.7 Å². The van der Waals surface area contributed by atoms with Crippen LogP contribution in [0.2, 0.25) is 0 Å². The molecule has 2 amide bonds. The Morgan fingerprint density at radius 1 is 0.854 bits per heavy atom. The zero-order chi connectivity index (χ0) is 29.4. The van der Waals surface area contributed by atoms with E-state index in [1.807, 2.05) is 80.6 Å². The maximum Gasteiger partial charge on any atom is 0.407 e. The molecule has 3 N–H and O–H groups in total. The molecule has 216 valence electrons. The second-order valence-electron chi connectivity index (χ2n) is 10.6. The van der Waals surface area contributed by atoms with E-state index in [1.54, 1.807) is 6.92 Å². The average molecular weight is 559 g/mol. The first-order valence-electron chi connectivity index (χ1n) is 14.1. The summed E-state index contributed by atoms with van der Waals surface area (Å²) < 4.78 is 11.4. The van der Waals surface area contributed by atoms with Gasteiger partial charge in [0.15, 0.2) is 6.04 Å². The summed E-state index contributed by atoms with van der Waals surface area (Å²) in [5.74, 6) is -1.83. The van der Waals surface area contributed by atoms with Crippen LogP contribution in [0.25, 0.3) is 11.1 Å². The monoisotopic (exact) mass is 558 g/mol. The van der Waals surface area contributed by atoms with E-state index in [-0.39, 0.29) is 25.0 Å². The van der Waals surface area contributed by atoms with Gasteiger partial charge < -0.3 is 25.2 Å². The van der Waals surface area contributed by atoms with E-state index >= 15 is 0 Å². The molecule has 0 aliphatic heterocycles. The van der Waals surface area contributed by atoms with Crippen molar-refractivity contribution in [2.75, 3.05) is 6.61 Å². The Labute approximate surface area is 241 Å². The number of rotatable bonds is 13. The summed E-state index contributed by atoms with van der Waals surface area (Å²) in [6.45, 7) is 5.88. The highest BCUT2D eigenvalue weighted by Crippen LogP contribution is 2.44. The fourth-order valence-electron chi connectivity index (χ4n) is 5.11. The summed E-state index contributed by atoms with van der Waals surface area (Å²) in [5, 5.41) is 15.1. The second kappa shape index (κ2) is 13.9. The number of hydrogen-bond acceptors (Lipinski definition) is 5. The molecule has 0 fully saturated rings. The number of alkyl carbamates (subject to hydrolysis) is 1. The number of aliphatic carboxylic acids is 1. The van der Waals surface area contributed by atoms with Gasteiger partial charge in [0, 0.05) is 5.92 Å². The van der Waals surface area contributed by atoms with Crippen molar-refractivity contribution in [3.63, 3.8) is 0 Å². The minimum atomic E-state index is -1.30. The molecule has 8 heteroatoms. The largest absolute Gasteiger partial charge is 0.480 e. The molecule has 0 spiro atoms. The van der Waals surface area contributed by atoms with Gasteiger partial charge in [-0.3, -0.25) is 4.79 Å². The Morgan fingerprint density at radius 3 is 2.02 bits per heavy atom. The predicted octanol–water partition coefficient (Wildman–Crippen LogP) is 5.50. The lowest BCUT2D eigenvalue weighted by molar-refractivity contribution is -0.146. The van der Waals surface area contributed by atoms with Crippen molar-refractivity contribution < 1.29 is 29.0 Å². The van der Waals surface area contributed by atoms with Gasteiger partial charge >= 0.3 is 12.1 Å². The summed E-state index contributed by atoms with van der Waals surface area (Å²) in [7, 11) is 0. The summed E-state index contributed by atoms with van der Waals surface area (Å²) in [6.07, 6.45) is -0.418. The van der Waals surface area contributed by atoms with Crippen LogP contribution in [0, 0.1) is 5.92 Å². The standard InChI is InChI=1S/C33H38N2O6/c1-4-21(2)18-29(31(36)35-30(32(37)38)22(3)40-19-23-12-6-5-7-13-23)34-33(39)41-20-28-26-16-10-8-14-24(26)25-15-9-11-17-27(25)28/h5-17,21-22,28-30H,4,18-20H2,1-3H3,(H,34,39)(H,35,36)(H,37,38)/t21?,22-,29?,30+/m0/s1. The number of carbonyl (C=O) groups excluding carboxylic acids is 2. The van der Waals surface area contributed by atoms with E-state index in [2.05, 4.69) is 22.8 Å². The highest BCUT2D eigenvalue weighted by Gasteiger charge is 2.33. The molecule has 0 heterocycles. The van der Waals surface area contributed by atoms with E-state index in [0.29, 0.717) is 6.42 Å². The van der Waals surface area contributed by atoms with Crippen molar-refractivity contribution in [2.45, 2.75) is 64.3 Å². The summed E-state index contributed by atoms with van der Waals surface area (Å²) in [5.41, 5.74) is 5.30. The molecule has 3 aromatic rings. The lowest BCUT2D eigenvalue weighted by Gasteiger charge is -2.26. The number of ether oxygens (including phenoxy) is 2. The third-order valence-corrected chi connectivity index (χ3v) is 7.68.